The maximum Gasteiger partial charge on any atom is 0.336 e. The highest BCUT2D eigenvalue weighted by atomic mass is 35.5. The molecule has 1 heterocycles. The van der Waals surface area contributed by atoms with Crippen molar-refractivity contribution in [3.05, 3.63) is 84.7 Å². The van der Waals surface area contributed by atoms with Crippen molar-refractivity contribution in [2.75, 3.05) is 6.54 Å². The SMILES string of the molecule is CCc1cc2oc(=O)cc(COC(=O)CNC(=O)c3cccc([N+](=O)[O-])c3)c2cc1Cl. The van der Waals surface area contributed by atoms with Gasteiger partial charge in [0.05, 0.1) is 4.92 Å². The lowest BCUT2D eigenvalue weighted by atomic mass is 10.1. The van der Waals surface area contributed by atoms with Crippen LogP contribution >= 0.6 is 11.6 Å². The molecule has 0 spiro atoms. The van der Waals surface area contributed by atoms with E-state index in [9.17, 15) is 24.5 Å². The van der Waals surface area contributed by atoms with Crippen molar-refractivity contribution >= 4 is 40.1 Å². The van der Waals surface area contributed by atoms with E-state index < -0.39 is 29.0 Å². The Morgan fingerprint density at radius 2 is 1.97 bits per heavy atom. The zero-order valence-corrected chi connectivity index (χ0v) is 17.1. The molecule has 160 valence electrons. The number of nitrogens with zero attached hydrogens (tertiary/aromatic N) is 1. The van der Waals surface area contributed by atoms with Crippen LogP contribution < -0.4 is 10.9 Å². The van der Waals surface area contributed by atoms with Gasteiger partial charge in [-0.3, -0.25) is 19.7 Å². The van der Waals surface area contributed by atoms with E-state index in [2.05, 4.69) is 5.32 Å². The van der Waals surface area contributed by atoms with Crippen molar-refractivity contribution in [3.8, 4) is 0 Å². The quantitative estimate of drug-likeness (QED) is 0.256. The number of carbonyl (C=O) groups is 2. The number of nitro benzene ring substituents is 1. The van der Waals surface area contributed by atoms with E-state index in [0.29, 0.717) is 28.0 Å². The molecule has 0 fully saturated rings. The first kappa shape index (κ1) is 22.0. The first-order valence-corrected chi connectivity index (χ1v) is 9.59. The average Bonchev–Trinajstić information content (AvgIpc) is 2.75. The highest BCUT2D eigenvalue weighted by Gasteiger charge is 2.14. The molecule has 1 aromatic heterocycles. The van der Waals surface area contributed by atoms with Gasteiger partial charge in [0.25, 0.3) is 11.6 Å². The van der Waals surface area contributed by atoms with Gasteiger partial charge in [-0.25, -0.2) is 4.79 Å². The van der Waals surface area contributed by atoms with Gasteiger partial charge in [0.2, 0.25) is 0 Å². The summed E-state index contributed by atoms with van der Waals surface area (Å²) in [6.07, 6.45) is 0.655. The minimum atomic E-state index is -0.753. The van der Waals surface area contributed by atoms with E-state index >= 15 is 0 Å². The molecule has 0 aliphatic rings. The number of aryl methyl sites for hydroxylation is 1. The Bertz CT molecular complexity index is 1240. The van der Waals surface area contributed by atoms with E-state index in [1.165, 1.54) is 24.3 Å². The molecule has 3 rings (SSSR count). The van der Waals surface area contributed by atoms with Crippen LogP contribution in [0.4, 0.5) is 5.69 Å². The van der Waals surface area contributed by atoms with Crippen molar-refractivity contribution < 1.29 is 23.7 Å². The number of nitrogens with one attached hydrogen (secondary N) is 1. The summed E-state index contributed by atoms with van der Waals surface area (Å²) < 4.78 is 10.4. The molecule has 0 bridgehead atoms. The summed E-state index contributed by atoms with van der Waals surface area (Å²) in [5.74, 6) is -1.42. The molecule has 0 aliphatic carbocycles. The maximum absolute atomic E-state index is 12.1. The number of halogens is 1. The Morgan fingerprint density at radius 3 is 2.68 bits per heavy atom. The highest BCUT2D eigenvalue weighted by molar-refractivity contribution is 6.32. The van der Waals surface area contributed by atoms with Crippen molar-refractivity contribution in [2.24, 2.45) is 0 Å². The van der Waals surface area contributed by atoms with Crippen molar-refractivity contribution in [3.63, 3.8) is 0 Å². The van der Waals surface area contributed by atoms with Gasteiger partial charge in [-0.2, -0.15) is 0 Å². The smallest absolute Gasteiger partial charge is 0.336 e. The Morgan fingerprint density at radius 1 is 1.19 bits per heavy atom. The van der Waals surface area contributed by atoms with E-state index in [1.807, 2.05) is 6.92 Å². The summed E-state index contributed by atoms with van der Waals surface area (Å²) in [7, 11) is 0. The van der Waals surface area contributed by atoms with Crippen LogP contribution in [0.3, 0.4) is 0 Å². The van der Waals surface area contributed by atoms with Crippen molar-refractivity contribution in [2.45, 2.75) is 20.0 Å². The van der Waals surface area contributed by atoms with E-state index in [-0.39, 0.29) is 17.9 Å². The van der Waals surface area contributed by atoms with Crippen molar-refractivity contribution in [1.82, 2.24) is 5.32 Å². The molecule has 0 saturated carbocycles. The molecule has 3 aromatic rings. The zero-order valence-electron chi connectivity index (χ0n) is 16.3. The summed E-state index contributed by atoms with van der Waals surface area (Å²) in [6, 6.07) is 9.63. The Hall–Kier alpha value is -3.72. The highest BCUT2D eigenvalue weighted by Crippen LogP contribution is 2.26. The van der Waals surface area contributed by atoms with E-state index in [0.717, 1.165) is 11.6 Å². The number of non-ortho nitro benzene ring substituents is 1. The molecular formula is C21H17ClN2O7. The molecule has 0 atom stereocenters. The van der Waals surface area contributed by atoms with Gasteiger partial charge in [0, 0.05) is 39.7 Å². The number of amides is 1. The molecule has 2 aromatic carbocycles. The second kappa shape index (κ2) is 9.40. The zero-order chi connectivity index (χ0) is 22.5. The normalized spacial score (nSPS) is 10.6. The molecule has 10 heteroatoms. The fourth-order valence-corrected chi connectivity index (χ4v) is 3.20. The molecule has 9 nitrogen and oxygen atoms in total. The molecule has 0 unspecified atom stereocenters. The number of nitro groups is 1. The van der Waals surface area contributed by atoms with Crippen LogP contribution in [-0.2, 0) is 22.6 Å². The van der Waals surface area contributed by atoms with Gasteiger partial charge in [0.15, 0.2) is 0 Å². The second-order valence-electron chi connectivity index (χ2n) is 6.53. The largest absolute Gasteiger partial charge is 0.459 e. The second-order valence-corrected chi connectivity index (χ2v) is 6.94. The van der Waals surface area contributed by atoms with Gasteiger partial charge in [0.1, 0.15) is 18.7 Å². The van der Waals surface area contributed by atoms with Gasteiger partial charge in [-0.05, 0) is 30.2 Å². The van der Waals surface area contributed by atoms with Gasteiger partial charge in [-0.1, -0.05) is 24.6 Å². The summed E-state index contributed by atoms with van der Waals surface area (Å²) in [6.45, 7) is 1.23. The monoisotopic (exact) mass is 444 g/mol. The number of ether oxygens (including phenoxy) is 1. The number of benzene rings is 2. The fraction of sp³-hybridized carbons (Fsp3) is 0.190. The van der Waals surface area contributed by atoms with Gasteiger partial charge >= 0.3 is 11.6 Å². The Kier molecular flexibility index (Phi) is 6.66. The molecule has 0 aliphatic heterocycles. The van der Waals surface area contributed by atoms with Crippen molar-refractivity contribution in [1.29, 1.82) is 0 Å². The van der Waals surface area contributed by atoms with Crippen LogP contribution in [-0.4, -0.2) is 23.3 Å². The molecule has 31 heavy (non-hydrogen) atoms. The van der Waals surface area contributed by atoms with Crippen LogP contribution in [0.5, 0.6) is 0 Å². The minimum absolute atomic E-state index is 0.0371. The summed E-state index contributed by atoms with van der Waals surface area (Å²) in [5, 5.41) is 14.2. The number of carbonyl (C=O) groups excluding carboxylic acids is 2. The molecule has 1 N–H and O–H groups in total. The number of hydrogen-bond acceptors (Lipinski definition) is 7. The third-order valence-corrected chi connectivity index (χ3v) is 4.83. The van der Waals surface area contributed by atoms with Gasteiger partial charge < -0.3 is 14.5 Å². The first-order chi connectivity index (χ1) is 14.8. The lowest BCUT2D eigenvalue weighted by Gasteiger charge is -2.10. The molecule has 0 radical (unpaired) electrons. The standard InChI is InChI=1S/C21H17ClN2O7/c1-2-12-7-18-16(9-17(12)22)14(8-19(25)31-18)11-30-20(26)10-23-21(27)13-4-3-5-15(6-13)24(28)29/h3-9H,2,10-11H2,1H3,(H,23,27). The average molecular weight is 445 g/mol. The number of fused-ring (bicyclic) bond motifs is 1. The summed E-state index contributed by atoms with van der Waals surface area (Å²) >= 11 is 6.23. The maximum atomic E-state index is 12.1. The number of rotatable bonds is 7. The molecular weight excluding hydrogens is 428 g/mol. The predicted molar refractivity (Wildman–Crippen MR) is 112 cm³/mol. The van der Waals surface area contributed by atoms with Gasteiger partial charge in [-0.15, -0.1) is 0 Å². The summed E-state index contributed by atoms with van der Waals surface area (Å²) in [5.41, 5.74) is 0.759. The lowest BCUT2D eigenvalue weighted by molar-refractivity contribution is -0.384. The summed E-state index contributed by atoms with van der Waals surface area (Å²) in [4.78, 5) is 46.2. The third-order valence-electron chi connectivity index (χ3n) is 4.48. The van der Waals surface area contributed by atoms with Crippen LogP contribution in [0, 0.1) is 10.1 Å². The van der Waals surface area contributed by atoms with Crippen LogP contribution in [0.2, 0.25) is 5.02 Å². The third kappa shape index (κ3) is 5.26. The Labute approximate surface area is 180 Å². The van der Waals surface area contributed by atoms with E-state index in [1.54, 1.807) is 12.1 Å². The number of esters is 1. The number of hydrogen-bond donors (Lipinski definition) is 1. The fourth-order valence-electron chi connectivity index (χ4n) is 2.90. The molecule has 1 amide bonds. The van der Waals surface area contributed by atoms with Crippen LogP contribution in [0.25, 0.3) is 11.0 Å². The minimum Gasteiger partial charge on any atom is -0.459 e. The lowest BCUT2D eigenvalue weighted by Crippen LogP contribution is -2.30. The Balaban J connectivity index is 1.66. The van der Waals surface area contributed by atoms with E-state index in [4.69, 9.17) is 20.8 Å². The first-order valence-electron chi connectivity index (χ1n) is 9.22. The van der Waals surface area contributed by atoms with Crippen LogP contribution in [0.15, 0.2) is 51.7 Å². The van der Waals surface area contributed by atoms with Crippen LogP contribution in [0.1, 0.15) is 28.4 Å². The predicted octanol–water partition coefficient (Wildman–Crippen LogP) is 3.39. The topological polar surface area (TPSA) is 129 Å². The molecule has 0 saturated heterocycles.